The normalized spacial score (nSPS) is 18.5. The van der Waals surface area contributed by atoms with Gasteiger partial charge in [-0.1, -0.05) is 0 Å². The summed E-state index contributed by atoms with van der Waals surface area (Å²) in [5, 5.41) is 22.6. The highest BCUT2D eigenvalue weighted by Gasteiger charge is 2.40. The van der Waals surface area contributed by atoms with Gasteiger partial charge in [-0.3, -0.25) is 15.0 Å². The summed E-state index contributed by atoms with van der Waals surface area (Å²) in [6, 6.07) is -3.04. The van der Waals surface area contributed by atoms with Gasteiger partial charge in [-0.2, -0.15) is 13.2 Å². The van der Waals surface area contributed by atoms with E-state index in [1.165, 1.54) is 23.5 Å². The molecule has 3 amide bonds. The second-order valence-corrected chi connectivity index (χ2v) is 8.57. The molecule has 0 radical (unpaired) electrons. The number of alkyl halides is 3. The van der Waals surface area contributed by atoms with Crippen molar-refractivity contribution in [2.45, 2.75) is 44.1 Å². The van der Waals surface area contributed by atoms with Gasteiger partial charge in [0.15, 0.2) is 11.6 Å². The van der Waals surface area contributed by atoms with Crippen molar-refractivity contribution in [1.82, 2.24) is 25.3 Å². The number of nitrogens with zero attached hydrogens (tertiary/aromatic N) is 6. The van der Waals surface area contributed by atoms with Crippen LogP contribution in [0.25, 0.3) is 0 Å². The molecule has 2 aromatic rings. The number of ether oxygens (including phenoxy) is 1. The molecule has 13 nitrogen and oxygen atoms in total. The fourth-order valence-corrected chi connectivity index (χ4v) is 3.90. The number of hydrogen-bond donors (Lipinski definition) is 4. The van der Waals surface area contributed by atoms with Crippen molar-refractivity contribution in [2.75, 3.05) is 41.4 Å². The first kappa shape index (κ1) is 26.3. The number of rotatable bonds is 7. The van der Waals surface area contributed by atoms with E-state index in [9.17, 15) is 27.9 Å². The number of carbonyl (C=O) groups excluding carboxylic acids is 2. The van der Waals surface area contributed by atoms with Crippen LogP contribution in [0.4, 0.5) is 35.3 Å². The van der Waals surface area contributed by atoms with Crippen LogP contribution in [0.15, 0.2) is 18.6 Å². The first-order valence-corrected chi connectivity index (χ1v) is 11.4. The molecule has 37 heavy (non-hydrogen) atoms. The number of aliphatic hydroxyl groups is 2. The third-order valence-corrected chi connectivity index (χ3v) is 5.84. The molecule has 2 aliphatic rings. The monoisotopic (exact) mass is 526 g/mol. The van der Waals surface area contributed by atoms with Gasteiger partial charge in [-0.05, 0) is 19.8 Å². The van der Waals surface area contributed by atoms with Gasteiger partial charge in [0.2, 0.25) is 11.7 Å². The van der Waals surface area contributed by atoms with Crippen LogP contribution in [-0.4, -0.2) is 92.8 Å². The highest BCUT2D eigenvalue weighted by atomic mass is 19.4. The van der Waals surface area contributed by atoms with E-state index >= 15 is 0 Å². The van der Waals surface area contributed by atoms with E-state index in [2.05, 4.69) is 25.3 Å². The molecule has 200 valence electrons. The molecule has 0 aliphatic carbocycles. The molecular formula is C21H25F3N8O5. The summed E-state index contributed by atoms with van der Waals surface area (Å²) in [6.07, 6.45) is -0.521. The zero-order valence-corrected chi connectivity index (χ0v) is 19.6. The molecule has 4 rings (SSSR count). The summed E-state index contributed by atoms with van der Waals surface area (Å²) < 4.78 is 43.8. The van der Waals surface area contributed by atoms with Crippen molar-refractivity contribution in [3.63, 3.8) is 0 Å². The summed E-state index contributed by atoms with van der Waals surface area (Å²) >= 11 is 0. The Balaban J connectivity index is 1.54. The van der Waals surface area contributed by atoms with Gasteiger partial charge in [0.25, 0.3) is 5.91 Å². The zero-order chi connectivity index (χ0) is 26.7. The Morgan fingerprint density at radius 2 is 2.03 bits per heavy atom. The van der Waals surface area contributed by atoms with E-state index in [0.29, 0.717) is 25.2 Å². The van der Waals surface area contributed by atoms with E-state index in [4.69, 9.17) is 9.84 Å². The molecule has 1 fully saturated rings. The van der Waals surface area contributed by atoms with Crippen LogP contribution in [0, 0.1) is 0 Å². The number of hydrogen-bond acceptors (Lipinski definition) is 10. The average Bonchev–Trinajstić information content (AvgIpc) is 2.87. The van der Waals surface area contributed by atoms with Gasteiger partial charge in [-0.15, -0.1) is 0 Å². The fraction of sp³-hybridized carbons (Fsp3) is 0.524. The number of anilines is 3. The predicted octanol–water partition coefficient (Wildman–Crippen LogP) is 0.700. The molecule has 0 spiro atoms. The topological polar surface area (TPSA) is 166 Å². The first-order chi connectivity index (χ1) is 17.6. The number of fused-ring (bicyclic) bond motifs is 4. The third kappa shape index (κ3) is 5.96. The highest BCUT2D eigenvalue weighted by molar-refractivity contribution is 6.04. The maximum Gasteiger partial charge on any atom is 0.408 e. The molecule has 4 heterocycles. The molecule has 0 aromatic carbocycles. The number of amides is 3. The molecule has 2 aliphatic heterocycles. The lowest BCUT2D eigenvalue weighted by atomic mass is 10.0. The Kier molecular flexibility index (Phi) is 7.58. The van der Waals surface area contributed by atoms with Crippen LogP contribution >= 0.6 is 0 Å². The van der Waals surface area contributed by atoms with Crippen molar-refractivity contribution in [2.24, 2.45) is 0 Å². The molecule has 0 saturated carbocycles. The summed E-state index contributed by atoms with van der Waals surface area (Å²) in [6.45, 7) is 1.30. The summed E-state index contributed by atoms with van der Waals surface area (Å²) in [5.41, 5.74) is 0.476. The van der Waals surface area contributed by atoms with Crippen molar-refractivity contribution < 1.29 is 37.7 Å². The third-order valence-electron chi connectivity index (χ3n) is 5.84. The first-order valence-electron chi connectivity index (χ1n) is 11.4. The molecule has 2 bridgehead atoms. The molecular weight excluding hydrogens is 501 g/mol. The van der Waals surface area contributed by atoms with Gasteiger partial charge in [0.05, 0.1) is 36.9 Å². The minimum atomic E-state index is -4.64. The van der Waals surface area contributed by atoms with Crippen LogP contribution in [0.3, 0.4) is 0 Å². The molecule has 3 atom stereocenters. The molecule has 1 saturated heterocycles. The molecule has 16 heteroatoms. The lowest BCUT2D eigenvalue weighted by Gasteiger charge is -2.45. The zero-order valence-electron chi connectivity index (χ0n) is 19.6. The lowest BCUT2D eigenvalue weighted by molar-refractivity contribution is -0.149. The van der Waals surface area contributed by atoms with Crippen molar-refractivity contribution >= 4 is 29.3 Å². The van der Waals surface area contributed by atoms with E-state index in [1.807, 2.05) is 10.2 Å². The Morgan fingerprint density at radius 3 is 2.70 bits per heavy atom. The number of aliphatic hydroxyl groups excluding tert-OH is 2. The largest absolute Gasteiger partial charge is 0.474 e. The van der Waals surface area contributed by atoms with E-state index < -0.39 is 42.7 Å². The van der Waals surface area contributed by atoms with E-state index in [0.717, 1.165) is 13.3 Å². The number of piperidine rings is 1. The van der Waals surface area contributed by atoms with E-state index in [-0.39, 0.29) is 30.2 Å². The number of nitrogens with one attached hydrogen (secondary N) is 2. The molecule has 1 unspecified atom stereocenters. The predicted molar refractivity (Wildman–Crippen MR) is 122 cm³/mol. The lowest BCUT2D eigenvalue weighted by Crippen LogP contribution is -2.56. The maximum absolute atomic E-state index is 13.3. The van der Waals surface area contributed by atoms with Gasteiger partial charge in [-0.25, -0.2) is 24.7 Å². The number of halogens is 3. The van der Waals surface area contributed by atoms with Crippen LogP contribution in [0.2, 0.25) is 0 Å². The summed E-state index contributed by atoms with van der Waals surface area (Å²) in [4.78, 5) is 45.2. The van der Waals surface area contributed by atoms with Gasteiger partial charge >= 0.3 is 12.2 Å². The quantitative estimate of drug-likeness (QED) is 0.403. The van der Waals surface area contributed by atoms with Crippen LogP contribution in [0.1, 0.15) is 30.4 Å². The summed E-state index contributed by atoms with van der Waals surface area (Å²) in [5.74, 6) is -1.38. The second-order valence-electron chi connectivity index (χ2n) is 8.57. The Hall–Kier alpha value is -3.79. The fourth-order valence-electron chi connectivity index (χ4n) is 3.90. The number of aromatic nitrogens is 4. The van der Waals surface area contributed by atoms with Gasteiger partial charge in [0.1, 0.15) is 18.8 Å². The van der Waals surface area contributed by atoms with Crippen LogP contribution < -0.4 is 25.2 Å². The second kappa shape index (κ2) is 10.7. The van der Waals surface area contributed by atoms with Crippen LogP contribution in [0.5, 0.6) is 5.88 Å². The van der Waals surface area contributed by atoms with Crippen molar-refractivity contribution in [1.29, 1.82) is 0 Å². The Labute approximate surface area is 208 Å². The number of urea groups is 1. The van der Waals surface area contributed by atoms with Gasteiger partial charge in [0, 0.05) is 13.1 Å². The SMILES string of the molecule is C[C@@H](NC(=O)c1ncc2c(n1)N(C(=O)Nc1cnc(OC[C@H](O)CO)cn1)C1CCCN2C1)C(F)(F)F. The molecule has 2 aromatic heterocycles. The van der Waals surface area contributed by atoms with Crippen molar-refractivity contribution in [3.8, 4) is 5.88 Å². The standard InChI is InChI=1S/C21H25F3N8O5/c1-11(21(22,23)24)28-19(35)17-27-5-14-18(30-17)32(12-3-2-4-31(14)8-12)20(36)29-15-6-26-16(7-25-15)37-10-13(34)9-33/h5-7,11-13,33-34H,2-4,8-10H2,1H3,(H,28,35)(H,25,29,36)/t11-,12?,13-/m1/s1. The summed E-state index contributed by atoms with van der Waals surface area (Å²) in [7, 11) is 0. The van der Waals surface area contributed by atoms with Crippen LogP contribution in [-0.2, 0) is 0 Å². The Bertz CT molecular complexity index is 1140. The van der Waals surface area contributed by atoms with Crippen molar-refractivity contribution in [3.05, 3.63) is 24.4 Å². The van der Waals surface area contributed by atoms with E-state index in [1.54, 1.807) is 0 Å². The highest BCUT2D eigenvalue weighted by Crippen LogP contribution is 2.37. The maximum atomic E-state index is 13.3. The minimum absolute atomic E-state index is 0.0632. The Morgan fingerprint density at radius 1 is 1.24 bits per heavy atom. The molecule has 4 N–H and O–H groups in total. The average molecular weight is 526 g/mol. The number of carbonyl (C=O) groups is 2. The van der Waals surface area contributed by atoms with Gasteiger partial charge < -0.3 is 25.2 Å². The minimum Gasteiger partial charge on any atom is -0.474 e. The smallest absolute Gasteiger partial charge is 0.408 e.